The number of oxazole rings is 2. The van der Waals surface area contributed by atoms with Crippen molar-refractivity contribution in [3.8, 4) is 22.9 Å². The van der Waals surface area contributed by atoms with Crippen LogP contribution in [0.4, 0.5) is 5.69 Å². The van der Waals surface area contributed by atoms with Gasteiger partial charge in [-0.15, -0.1) is 0 Å². The van der Waals surface area contributed by atoms with E-state index in [0.717, 1.165) is 0 Å². The molecule has 2 heterocycles. The highest BCUT2D eigenvalue weighted by Gasteiger charge is 2.23. The lowest BCUT2D eigenvalue weighted by Gasteiger charge is -1.97. The standard InChI is InChI=1S/C22H13N3O6/c1-29-22(26)14-8-5-11-17-19(14)24-21(31-17)13-7-4-10-16-18(13)23-20(30-16)12-6-2-3-9-15(12)25(27)28/h2-11H,1H3. The second-order valence-corrected chi connectivity index (χ2v) is 6.61. The second-order valence-electron chi connectivity index (χ2n) is 6.61. The number of carbonyl (C=O) groups is 1. The molecule has 0 saturated carbocycles. The molecule has 0 saturated heterocycles. The van der Waals surface area contributed by atoms with Gasteiger partial charge in [-0.25, -0.2) is 14.8 Å². The summed E-state index contributed by atoms with van der Waals surface area (Å²) in [5.41, 5.74) is 2.59. The SMILES string of the molecule is COC(=O)c1cccc2oc(-c3cccc4oc(-c5ccccc5[N+](=O)[O-])nc34)nc12. The number of carbonyl (C=O) groups excluding carboxylic acids is 1. The number of methoxy groups -OCH3 is 1. The van der Waals surface area contributed by atoms with Gasteiger partial charge in [0.05, 0.1) is 23.2 Å². The van der Waals surface area contributed by atoms with E-state index >= 15 is 0 Å². The largest absolute Gasteiger partial charge is 0.465 e. The van der Waals surface area contributed by atoms with Crippen molar-refractivity contribution < 1.29 is 23.3 Å². The molecule has 0 atom stereocenters. The minimum Gasteiger partial charge on any atom is -0.465 e. The molecule has 0 unspecified atom stereocenters. The Balaban J connectivity index is 1.69. The molecule has 9 heteroatoms. The van der Waals surface area contributed by atoms with Crippen molar-refractivity contribution in [3.63, 3.8) is 0 Å². The average Bonchev–Trinajstić information content (AvgIpc) is 3.42. The van der Waals surface area contributed by atoms with E-state index in [1.165, 1.54) is 13.2 Å². The molecule has 0 amide bonds. The Morgan fingerprint density at radius 3 is 2.23 bits per heavy atom. The van der Waals surface area contributed by atoms with Gasteiger partial charge in [0.25, 0.3) is 5.69 Å². The fourth-order valence-electron chi connectivity index (χ4n) is 3.39. The van der Waals surface area contributed by atoms with Crippen LogP contribution in [0, 0.1) is 10.1 Å². The molecule has 0 aliphatic rings. The van der Waals surface area contributed by atoms with E-state index < -0.39 is 10.9 Å². The van der Waals surface area contributed by atoms with Gasteiger partial charge < -0.3 is 13.6 Å². The normalized spacial score (nSPS) is 11.1. The number of aromatic nitrogens is 2. The summed E-state index contributed by atoms with van der Waals surface area (Å²) in [6.07, 6.45) is 0. The highest BCUT2D eigenvalue weighted by Crippen LogP contribution is 2.36. The van der Waals surface area contributed by atoms with E-state index in [9.17, 15) is 14.9 Å². The van der Waals surface area contributed by atoms with E-state index in [1.807, 2.05) is 0 Å². The Hall–Kier alpha value is -4.53. The van der Waals surface area contributed by atoms with Crippen LogP contribution in [-0.2, 0) is 4.74 Å². The van der Waals surface area contributed by atoms with Crippen molar-refractivity contribution in [2.45, 2.75) is 0 Å². The van der Waals surface area contributed by atoms with Crippen LogP contribution in [0.15, 0.2) is 69.5 Å². The number of rotatable bonds is 4. The number of hydrogen-bond acceptors (Lipinski definition) is 8. The predicted molar refractivity (Wildman–Crippen MR) is 110 cm³/mol. The van der Waals surface area contributed by atoms with Crippen LogP contribution in [0.2, 0.25) is 0 Å². The molecule has 0 aliphatic heterocycles. The first-order valence-electron chi connectivity index (χ1n) is 9.18. The number of fused-ring (bicyclic) bond motifs is 2. The summed E-state index contributed by atoms with van der Waals surface area (Å²) in [7, 11) is 1.29. The van der Waals surface area contributed by atoms with Crippen LogP contribution in [0.25, 0.3) is 45.1 Å². The molecule has 9 nitrogen and oxygen atoms in total. The number of hydrogen-bond donors (Lipinski definition) is 0. The van der Waals surface area contributed by atoms with Crippen LogP contribution < -0.4 is 0 Å². The van der Waals surface area contributed by atoms with Gasteiger partial charge in [-0.3, -0.25) is 10.1 Å². The number of benzene rings is 3. The molecule has 152 valence electrons. The van der Waals surface area contributed by atoms with Gasteiger partial charge in [-0.05, 0) is 30.3 Å². The Bertz CT molecular complexity index is 1480. The maximum atomic E-state index is 12.0. The summed E-state index contributed by atoms with van der Waals surface area (Å²) < 4.78 is 16.5. The molecule has 0 spiro atoms. The van der Waals surface area contributed by atoms with Crippen molar-refractivity contribution in [2.75, 3.05) is 7.11 Å². The van der Waals surface area contributed by atoms with Crippen LogP contribution in [0.1, 0.15) is 10.4 Å². The molecule has 0 bridgehead atoms. The Kier molecular flexibility index (Phi) is 4.21. The van der Waals surface area contributed by atoms with Gasteiger partial charge in [0, 0.05) is 6.07 Å². The van der Waals surface area contributed by atoms with Crippen molar-refractivity contribution in [1.29, 1.82) is 0 Å². The first kappa shape index (κ1) is 18.5. The maximum Gasteiger partial charge on any atom is 0.340 e. The quantitative estimate of drug-likeness (QED) is 0.228. The van der Waals surface area contributed by atoms with Gasteiger partial charge in [0.2, 0.25) is 11.8 Å². The minimum absolute atomic E-state index is 0.111. The van der Waals surface area contributed by atoms with Crippen LogP contribution in [0.5, 0.6) is 0 Å². The van der Waals surface area contributed by atoms with E-state index in [-0.39, 0.29) is 28.6 Å². The zero-order valence-electron chi connectivity index (χ0n) is 16.1. The summed E-state index contributed by atoms with van der Waals surface area (Å²) in [6.45, 7) is 0. The van der Waals surface area contributed by atoms with E-state index in [1.54, 1.807) is 54.6 Å². The lowest BCUT2D eigenvalue weighted by molar-refractivity contribution is -0.384. The number of esters is 1. The van der Waals surface area contributed by atoms with Crippen molar-refractivity contribution in [2.24, 2.45) is 0 Å². The zero-order valence-corrected chi connectivity index (χ0v) is 16.1. The number of ether oxygens (including phenoxy) is 1. The monoisotopic (exact) mass is 415 g/mol. The van der Waals surface area contributed by atoms with Crippen molar-refractivity contribution in [3.05, 3.63) is 76.3 Å². The zero-order chi connectivity index (χ0) is 21.5. The molecule has 5 rings (SSSR count). The lowest BCUT2D eigenvalue weighted by Crippen LogP contribution is -2.01. The highest BCUT2D eigenvalue weighted by molar-refractivity contribution is 6.02. The summed E-state index contributed by atoms with van der Waals surface area (Å²) in [6, 6.07) is 16.4. The smallest absolute Gasteiger partial charge is 0.340 e. The Morgan fingerprint density at radius 2 is 1.48 bits per heavy atom. The fraction of sp³-hybridized carbons (Fsp3) is 0.0455. The summed E-state index contributed by atoms with van der Waals surface area (Å²) in [5, 5.41) is 11.4. The van der Waals surface area contributed by atoms with E-state index in [0.29, 0.717) is 27.8 Å². The highest BCUT2D eigenvalue weighted by atomic mass is 16.6. The number of nitro groups is 1. The average molecular weight is 415 g/mol. The second kappa shape index (κ2) is 7.06. The number of nitrogens with zero attached hydrogens (tertiary/aromatic N) is 3. The molecule has 5 aromatic rings. The third-order valence-electron chi connectivity index (χ3n) is 4.80. The maximum absolute atomic E-state index is 12.0. The molecule has 0 fully saturated rings. The van der Waals surface area contributed by atoms with Crippen molar-refractivity contribution in [1.82, 2.24) is 9.97 Å². The first-order chi connectivity index (χ1) is 15.1. The summed E-state index contributed by atoms with van der Waals surface area (Å²) in [4.78, 5) is 31.9. The Labute approximate surface area is 174 Å². The first-order valence-corrected chi connectivity index (χ1v) is 9.18. The third kappa shape index (κ3) is 2.99. The molecule has 0 radical (unpaired) electrons. The number of nitro benzene ring substituents is 1. The van der Waals surface area contributed by atoms with Crippen LogP contribution >= 0.6 is 0 Å². The third-order valence-corrected chi connectivity index (χ3v) is 4.80. The van der Waals surface area contributed by atoms with E-state index in [4.69, 9.17) is 13.6 Å². The van der Waals surface area contributed by atoms with Gasteiger partial charge in [-0.1, -0.05) is 24.3 Å². The molecule has 3 aromatic carbocycles. The van der Waals surface area contributed by atoms with Crippen LogP contribution in [0.3, 0.4) is 0 Å². The lowest BCUT2D eigenvalue weighted by atomic mass is 10.1. The van der Waals surface area contributed by atoms with Gasteiger partial charge in [0.1, 0.15) is 16.6 Å². The van der Waals surface area contributed by atoms with Crippen LogP contribution in [-0.4, -0.2) is 28.0 Å². The van der Waals surface area contributed by atoms with Gasteiger partial charge in [0.15, 0.2) is 11.2 Å². The van der Waals surface area contributed by atoms with Gasteiger partial charge >= 0.3 is 5.97 Å². The molecule has 2 aromatic heterocycles. The predicted octanol–water partition coefficient (Wildman–Crippen LogP) is 5.00. The fourth-order valence-corrected chi connectivity index (χ4v) is 3.39. The Morgan fingerprint density at radius 1 is 0.871 bits per heavy atom. The van der Waals surface area contributed by atoms with Gasteiger partial charge in [-0.2, -0.15) is 0 Å². The summed E-state index contributed by atoms with van der Waals surface area (Å²) >= 11 is 0. The molecule has 0 N–H and O–H groups in total. The topological polar surface area (TPSA) is 122 Å². The van der Waals surface area contributed by atoms with Crippen molar-refractivity contribution >= 4 is 33.9 Å². The molecule has 0 aliphatic carbocycles. The minimum atomic E-state index is -0.524. The summed E-state index contributed by atoms with van der Waals surface area (Å²) in [5.74, 6) is -0.177. The molecular weight excluding hydrogens is 402 g/mol. The molecular formula is C22H13N3O6. The number of para-hydroxylation sites is 3. The van der Waals surface area contributed by atoms with E-state index in [2.05, 4.69) is 9.97 Å². The molecule has 31 heavy (non-hydrogen) atoms.